The lowest BCUT2D eigenvalue weighted by molar-refractivity contribution is 0.0961. The summed E-state index contributed by atoms with van der Waals surface area (Å²) in [5.41, 5.74) is 1.69. The Labute approximate surface area is 139 Å². The van der Waals surface area contributed by atoms with Gasteiger partial charge in [-0.2, -0.15) is 5.10 Å². The molecule has 0 bridgehead atoms. The number of hydrogen-bond acceptors (Lipinski definition) is 4. The number of carbonyl (C=O) groups excluding carboxylic acids is 2. The van der Waals surface area contributed by atoms with E-state index in [0.717, 1.165) is 12.0 Å². The third-order valence-corrected chi connectivity index (χ3v) is 3.51. The molecular weight excluding hydrogens is 308 g/mol. The molecule has 0 aliphatic carbocycles. The molecule has 0 spiro atoms. The molecule has 7 heteroatoms. The van der Waals surface area contributed by atoms with E-state index in [2.05, 4.69) is 15.7 Å². The molecular formula is C17H20N4O3. The zero-order valence-corrected chi connectivity index (χ0v) is 13.9. The van der Waals surface area contributed by atoms with Crippen LogP contribution in [0.3, 0.4) is 0 Å². The first-order chi connectivity index (χ1) is 11.5. The van der Waals surface area contributed by atoms with E-state index in [1.165, 1.54) is 16.8 Å². The van der Waals surface area contributed by atoms with Gasteiger partial charge in [0.1, 0.15) is 5.69 Å². The molecule has 0 atom stereocenters. The maximum atomic E-state index is 12.4. The van der Waals surface area contributed by atoms with Gasteiger partial charge in [0.2, 0.25) is 0 Å². The van der Waals surface area contributed by atoms with Crippen LogP contribution in [0, 0.1) is 6.92 Å². The zero-order chi connectivity index (χ0) is 17.7. The second-order valence-electron chi connectivity index (χ2n) is 5.34. The summed E-state index contributed by atoms with van der Waals surface area (Å²) in [4.78, 5) is 35.8. The normalized spacial score (nSPS) is 10.3. The van der Waals surface area contributed by atoms with Gasteiger partial charge in [0.05, 0.1) is 0 Å². The van der Waals surface area contributed by atoms with Gasteiger partial charge >= 0.3 is 0 Å². The van der Waals surface area contributed by atoms with Crippen molar-refractivity contribution in [1.29, 1.82) is 0 Å². The van der Waals surface area contributed by atoms with Gasteiger partial charge in [0.15, 0.2) is 0 Å². The number of amides is 2. The van der Waals surface area contributed by atoms with Crippen LogP contribution in [-0.2, 0) is 6.54 Å². The SMILES string of the molecule is CCCn1nc(C(=O)Nc2cc(C(=O)NC)ccc2C)ccc1=O. The van der Waals surface area contributed by atoms with Gasteiger partial charge in [-0.05, 0) is 37.1 Å². The molecule has 7 nitrogen and oxygen atoms in total. The highest BCUT2D eigenvalue weighted by molar-refractivity contribution is 6.04. The van der Waals surface area contributed by atoms with Crippen LogP contribution in [-0.4, -0.2) is 28.6 Å². The number of anilines is 1. The molecule has 2 N–H and O–H groups in total. The fourth-order valence-corrected chi connectivity index (χ4v) is 2.17. The van der Waals surface area contributed by atoms with Gasteiger partial charge in [-0.15, -0.1) is 0 Å². The topological polar surface area (TPSA) is 93.1 Å². The zero-order valence-electron chi connectivity index (χ0n) is 13.9. The van der Waals surface area contributed by atoms with Crippen molar-refractivity contribution in [2.45, 2.75) is 26.8 Å². The summed E-state index contributed by atoms with van der Waals surface area (Å²) in [7, 11) is 1.54. The number of benzene rings is 1. The van der Waals surface area contributed by atoms with Crippen molar-refractivity contribution in [1.82, 2.24) is 15.1 Å². The monoisotopic (exact) mass is 328 g/mol. The predicted molar refractivity (Wildman–Crippen MR) is 91.3 cm³/mol. The molecule has 1 aromatic carbocycles. The molecule has 0 unspecified atom stereocenters. The van der Waals surface area contributed by atoms with Crippen molar-refractivity contribution < 1.29 is 9.59 Å². The number of aryl methyl sites for hydroxylation is 2. The Bertz CT molecular complexity index is 827. The van der Waals surface area contributed by atoms with Gasteiger partial charge in [0.25, 0.3) is 17.4 Å². The van der Waals surface area contributed by atoms with E-state index in [-0.39, 0.29) is 17.2 Å². The van der Waals surface area contributed by atoms with E-state index in [0.29, 0.717) is 17.8 Å². The quantitative estimate of drug-likeness (QED) is 0.871. The molecule has 0 aliphatic rings. The summed E-state index contributed by atoms with van der Waals surface area (Å²) in [5, 5.41) is 9.35. The first-order valence-corrected chi connectivity index (χ1v) is 7.68. The summed E-state index contributed by atoms with van der Waals surface area (Å²) < 4.78 is 1.27. The van der Waals surface area contributed by atoms with Gasteiger partial charge in [-0.3, -0.25) is 14.4 Å². The van der Waals surface area contributed by atoms with Crippen molar-refractivity contribution in [3.8, 4) is 0 Å². The minimum atomic E-state index is -0.433. The Balaban J connectivity index is 2.28. The van der Waals surface area contributed by atoms with Crippen molar-refractivity contribution >= 4 is 17.5 Å². The van der Waals surface area contributed by atoms with Gasteiger partial charge in [0, 0.05) is 30.9 Å². The molecule has 126 valence electrons. The molecule has 0 aliphatic heterocycles. The lowest BCUT2D eigenvalue weighted by Gasteiger charge is -2.11. The molecule has 2 rings (SSSR count). The Morgan fingerprint density at radius 3 is 2.58 bits per heavy atom. The lowest BCUT2D eigenvalue weighted by atomic mass is 10.1. The minimum absolute atomic E-state index is 0.146. The molecule has 0 radical (unpaired) electrons. The summed E-state index contributed by atoms with van der Waals surface area (Å²) in [6.45, 7) is 4.20. The Kier molecular flexibility index (Phi) is 5.47. The molecule has 0 saturated carbocycles. The highest BCUT2D eigenvalue weighted by Gasteiger charge is 2.13. The van der Waals surface area contributed by atoms with Crippen LogP contribution in [0.5, 0.6) is 0 Å². The highest BCUT2D eigenvalue weighted by Crippen LogP contribution is 2.17. The largest absolute Gasteiger partial charge is 0.355 e. The number of carbonyl (C=O) groups is 2. The van der Waals surface area contributed by atoms with Crippen LogP contribution in [0.4, 0.5) is 5.69 Å². The van der Waals surface area contributed by atoms with E-state index < -0.39 is 5.91 Å². The maximum absolute atomic E-state index is 12.4. The number of nitrogens with one attached hydrogen (secondary N) is 2. The van der Waals surface area contributed by atoms with E-state index in [1.807, 2.05) is 13.8 Å². The lowest BCUT2D eigenvalue weighted by Crippen LogP contribution is -2.26. The molecule has 0 fully saturated rings. The van der Waals surface area contributed by atoms with Crippen molar-refractivity contribution in [3.63, 3.8) is 0 Å². The molecule has 0 saturated heterocycles. The Hall–Kier alpha value is -2.96. The molecule has 1 aromatic heterocycles. The number of nitrogens with zero attached hydrogens (tertiary/aromatic N) is 2. The van der Waals surface area contributed by atoms with Crippen LogP contribution in [0.1, 0.15) is 39.8 Å². The van der Waals surface area contributed by atoms with Gasteiger partial charge < -0.3 is 10.6 Å². The summed E-state index contributed by atoms with van der Waals surface area (Å²) >= 11 is 0. The van der Waals surface area contributed by atoms with Crippen molar-refractivity contribution in [3.05, 3.63) is 57.5 Å². The summed E-state index contributed by atoms with van der Waals surface area (Å²) in [6.07, 6.45) is 0.741. The smallest absolute Gasteiger partial charge is 0.276 e. The first-order valence-electron chi connectivity index (χ1n) is 7.68. The second kappa shape index (κ2) is 7.54. The van der Waals surface area contributed by atoms with Crippen LogP contribution in [0.25, 0.3) is 0 Å². The summed E-state index contributed by atoms with van der Waals surface area (Å²) in [6, 6.07) is 7.76. The maximum Gasteiger partial charge on any atom is 0.276 e. The van der Waals surface area contributed by atoms with Gasteiger partial charge in [-0.1, -0.05) is 13.0 Å². The van der Waals surface area contributed by atoms with E-state index in [1.54, 1.807) is 25.2 Å². The average Bonchev–Trinajstić information content (AvgIpc) is 2.58. The van der Waals surface area contributed by atoms with Crippen LogP contribution in [0.2, 0.25) is 0 Å². The van der Waals surface area contributed by atoms with E-state index in [9.17, 15) is 14.4 Å². The molecule has 1 heterocycles. The molecule has 2 amide bonds. The number of rotatable bonds is 5. The van der Waals surface area contributed by atoms with Crippen LogP contribution in [0.15, 0.2) is 35.1 Å². The standard InChI is InChI=1S/C17H20N4O3/c1-4-9-21-15(22)8-7-13(20-21)17(24)19-14-10-12(16(23)18-3)6-5-11(14)2/h5-8,10H,4,9H2,1-3H3,(H,18,23)(H,19,24). The Morgan fingerprint density at radius 1 is 1.17 bits per heavy atom. The second-order valence-corrected chi connectivity index (χ2v) is 5.34. The molecule has 24 heavy (non-hydrogen) atoms. The summed E-state index contributed by atoms with van der Waals surface area (Å²) in [5.74, 6) is -0.669. The van der Waals surface area contributed by atoms with Crippen LogP contribution < -0.4 is 16.2 Å². The fraction of sp³-hybridized carbons (Fsp3) is 0.294. The van der Waals surface area contributed by atoms with Gasteiger partial charge in [-0.25, -0.2) is 4.68 Å². The highest BCUT2D eigenvalue weighted by atomic mass is 16.2. The third-order valence-electron chi connectivity index (χ3n) is 3.51. The minimum Gasteiger partial charge on any atom is -0.355 e. The third kappa shape index (κ3) is 3.87. The predicted octanol–water partition coefficient (Wildman–Crippen LogP) is 1.57. The average molecular weight is 328 g/mol. The van der Waals surface area contributed by atoms with Crippen molar-refractivity contribution in [2.75, 3.05) is 12.4 Å². The van der Waals surface area contributed by atoms with Crippen LogP contribution >= 0.6 is 0 Å². The van der Waals surface area contributed by atoms with E-state index >= 15 is 0 Å². The number of aromatic nitrogens is 2. The van der Waals surface area contributed by atoms with E-state index in [4.69, 9.17) is 0 Å². The van der Waals surface area contributed by atoms with Crippen molar-refractivity contribution in [2.24, 2.45) is 0 Å². The first kappa shape index (κ1) is 17.4. The fourth-order valence-electron chi connectivity index (χ4n) is 2.17. The Morgan fingerprint density at radius 2 is 1.92 bits per heavy atom. The number of hydrogen-bond donors (Lipinski definition) is 2. The molecule has 2 aromatic rings.